The van der Waals surface area contributed by atoms with Gasteiger partial charge in [-0.15, -0.1) is 0 Å². The van der Waals surface area contributed by atoms with Crippen molar-refractivity contribution < 1.29 is 14.5 Å². The van der Waals surface area contributed by atoms with Crippen molar-refractivity contribution in [1.29, 1.82) is 0 Å². The third-order valence-corrected chi connectivity index (χ3v) is 2.56. The molecule has 0 saturated carbocycles. The number of benzene rings is 1. The first-order valence-corrected chi connectivity index (χ1v) is 5.48. The smallest absolute Gasteiger partial charge is 0.343 e. The molecule has 0 amide bonds. The molecule has 1 aromatic heterocycles. The highest BCUT2D eigenvalue weighted by Gasteiger charge is 2.14. The summed E-state index contributed by atoms with van der Waals surface area (Å²) in [4.78, 5) is 29.4. The number of anilines is 1. The molecule has 0 unspecified atom stereocenters. The lowest BCUT2D eigenvalue weighted by Crippen LogP contribution is -2.09. The molecule has 2 aromatic rings. The minimum Gasteiger partial charge on any atom is -0.465 e. The molecule has 0 spiro atoms. The molecule has 1 aromatic carbocycles. The number of nitrogens with two attached hydrogens (primary N) is 1. The summed E-state index contributed by atoms with van der Waals surface area (Å²) in [6, 6.07) is 5.68. The van der Waals surface area contributed by atoms with Crippen LogP contribution in [-0.2, 0) is 4.74 Å². The number of hydrogen-bond acceptors (Lipinski definition) is 7. The number of carbonyl (C=O) groups is 1. The monoisotopic (exact) mass is 274 g/mol. The normalized spacial score (nSPS) is 10.1. The molecule has 1 heterocycles. The standard InChI is InChI=1S/C12H10N4O4/c1-20-12(17)9-6-14-11(15-10(9)13)7-2-4-8(5-3-7)16(18)19/h2-6H,1H3,(H2,13,14,15). The van der Waals surface area contributed by atoms with Crippen LogP contribution in [0.4, 0.5) is 11.5 Å². The second kappa shape index (κ2) is 5.31. The number of carbonyl (C=O) groups excluding carboxylic acids is 1. The number of esters is 1. The first-order valence-electron chi connectivity index (χ1n) is 5.48. The number of non-ortho nitro benzene ring substituents is 1. The third-order valence-electron chi connectivity index (χ3n) is 2.56. The molecule has 2 rings (SSSR count). The molecular weight excluding hydrogens is 264 g/mol. The van der Waals surface area contributed by atoms with Crippen LogP contribution in [0.25, 0.3) is 11.4 Å². The number of methoxy groups -OCH3 is 1. The third kappa shape index (κ3) is 2.53. The molecule has 8 heteroatoms. The Hall–Kier alpha value is -3.03. The highest BCUT2D eigenvalue weighted by Crippen LogP contribution is 2.21. The molecular formula is C12H10N4O4. The predicted molar refractivity (Wildman–Crippen MR) is 69.9 cm³/mol. The van der Waals surface area contributed by atoms with E-state index in [-0.39, 0.29) is 22.9 Å². The molecule has 8 nitrogen and oxygen atoms in total. The Kier molecular flexibility index (Phi) is 3.56. The molecule has 0 atom stereocenters. The van der Waals surface area contributed by atoms with Crippen molar-refractivity contribution >= 4 is 17.5 Å². The van der Waals surface area contributed by atoms with Crippen LogP contribution in [0.1, 0.15) is 10.4 Å². The van der Waals surface area contributed by atoms with Gasteiger partial charge in [0.2, 0.25) is 0 Å². The Morgan fingerprint density at radius 3 is 2.50 bits per heavy atom. The molecule has 20 heavy (non-hydrogen) atoms. The van der Waals surface area contributed by atoms with Gasteiger partial charge in [-0.1, -0.05) is 0 Å². The topological polar surface area (TPSA) is 121 Å². The number of hydrogen-bond donors (Lipinski definition) is 1. The van der Waals surface area contributed by atoms with E-state index in [1.165, 1.54) is 37.6 Å². The second-order valence-corrected chi connectivity index (χ2v) is 3.79. The second-order valence-electron chi connectivity index (χ2n) is 3.79. The summed E-state index contributed by atoms with van der Waals surface area (Å²) in [7, 11) is 1.23. The maximum atomic E-state index is 11.3. The summed E-state index contributed by atoms with van der Waals surface area (Å²) in [5.74, 6) is -0.372. The number of rotatable bonds is 3. The first kappa shape index (κ1) is 13.4. The van der Waals surface area contributed by atoms with E-state index >= 15 is 0 Å². The molecule has 0 aliphatic rings. The van der Waals surface area contributed by atoms with Crippen LogP contribution in [0, 0.1) is 10.1 Å². The van der Waals surface area contributed by atoms with E-state index in [4.69, 9.17) is 5.73 Å². The Bertz CT molecular complexity index is 670. The van der Waals surface area contributed by atoms with E-state index in [2.05, 4.69) is 14.7 Å². The number of nitrogens with zero attached hydrogens (tertiary/aromatic N) is 3. The molecule has 0 fully saturated rings. The van der Waals surface area contributed by atoms with Gasteiger partial charge in [-0.05, 0) is 12.1 Å². The molecule has 0 radical (unpaired) electrons. The van der Waals surface area contributed by atoms with Crippen molar-refractivity contribution in [3.8, 4) is 11.4 Å². The van der Waals surface area contributed by atoms with Gasteiger partial charge in [0, 0.05) is 23.9 Å². The van der Waals surface area contributed by atoms with Gasteiger partial charge in [-0.3, -0.25) is 10.1 Å². The fraction of sp³-hybridized carbons (Fsp3) is 0.0833. The molecule has 0 aliphatic carbocycles. The van der Waals surface area contributed by atoms with E-state index in [1.54, 1.807) is 0 Å². The molecule has 0 bridgehead atoms. The lowest BCUT2D eigenvalue weighted by molar-refractivity contribution is -0.384. The summed E-state index contributed by atoms with van der Waals surface area (Å²) in [5.41, 5.74) is 6.24. The molecule has 0 aliphatic heterocycles. The van der Waals surface area contributed by atoms with Gasteiger partial charge in [-0.2, -0.15) is 0 Å². The van der Waals surface area contributed by atoms with Crippen LogP contribution >= 0.6 is 0 Å². The average Bonchev–Trinajstić information content (AvgIpc) is 2.46. The van der Waals surface area contributed by atoms with Crippen LogP contribution in [0.5, 0.6) is 0 Å². The fourth-order valence-electron chi connectivity index (χ4n) is 1.53. The van der Waals surface area contributed by atoms with Crippen LogP contribution in [-0.4, -0.2) is 28.0 Å². The van der Waals surface area contributed by atoms with Crippen molar-refractivity contribution in [2.75, 3.05) is 12.8 Å². The van der Waals surface area contributed by atoms with Gasteiger partial charge in [0.25, 0.3) is 5.69 Å². The minimum absolute atomic E-state index is 0.0137. The van der Waals surface area contributed by atoms with E-state index in [9.17, 15) is 14.9 Å². The largest absolute Gasteiger partial charge is 0.465 e. The van der Waals surface area contributed by atoms with Gasteiger partial charge in [0.15, 0.2) is 5.82 Å². The fourth-order valence-corrected chi connectivity index (χ4v) is 1.53. The highest BCUT2D eigenvalue weighted by atomic mass is 16.6. The van der Waals surface area contributed by atoms with Gasteiger partial charge in [-0.25, -0.2) is 14.8 Å². The maximum Gasteiger partial charge on any atom is 0.343 e. The Balaban J connectivity index is 2.36. The predicted octanol–water partition coefficient (Wildman–Crippen LogP) is 1.42. The molecule has 2 N–H and O–H groups in total. The van der Waals surface area contributed by atoms with Gasteiger partial charge >= 0.3 is 5.97 Å². The Morgan fingerprint density at radius 1 is 1.35 bits per heavy atom. The molecule has 102 valence electrons. The van der Waals surface area contributed by atoms with Crippen molar-refractivity contribution in [2.45, 2.75) is 0 Å². The zero-order valence-corrected chi connectivity index (χ0v) is 10.4. The maximum absolute atomic E-state index is 11.3. The minimum atomic E-state index is -0.627. The van der Waals surface area contributed by atoms with E-state index in [0.29, 0.717) is 5.56 Å². The van der Waals surface area contributed by atoms with Gasteiger partial charge in [0.05, 0.1) is 12.0 Å². The van der Waals surface area contributed by atoms with Crippen LogP contribution < -0.4 is 5.73 Å². The number of aromatic nitrogens is 2. The zero-order chi connectivity index (χ0) is 14.7. The quantitative estimate of drug-likeness (QED) is 0.510. The highest BCUT2D eigenvalue weighted by molar-refractivity contribution is 5.93. The zero-order valence-electron chi connectivity index (χ0n) is 10.4. The van der Waals surface area contributed by atoms with E-state index < -0.39 is 10.9 Å². The number of ether oxygens (including phenoxy) is 1. The first-order chi connectivity index (χ1) is 9.52. The van der Waals surface area contributed by atoms with Crippen LogP contribution in [0.2, 0.25) is 0 Å². The summed E-state index contributed by atoms with van der Waals surface area (Å²) in [6.07, 6.45) is 1.25. The van der Waals surface area contributed by atoms with Crippen LogP contribution in [0.3, 0.4) is 0 Å². The van der Waals surface area contributed by atoms with E-state index in [1.807, 2.05) is 0 Å². The number of nitrogen functional groups attached to an aromatic ring is 1. The van der Waals surface area contributed by atoms with Crippen molar-refractivity contribution in [3.05, 3.63) is 46.1 Å². The average molecular weight is 274 g/mol. The number of nitro benzene ring substituents is 1. The van der Waals surface area contributed by atoms with Crippen molar-refractivity contribution in [2.24, 2.45) is 0 Å². The number of nitro groups is 1. The van der Waals surface area contributed by atoms with Gasteiger partial charge in [0.1, 0.15) is 11.4 Å². The summed E-state index contributed by atoms with van der Waals surface area (Å²) >= 11 is 0. The molecule has 0 saturated heterocycles. The Morgan fingerprint density at radius 2 is 2.00 bits per heavy atom. The Labute approximate surface area is 113 Å². The lowest BCUT2D eigenvalue weighted by Gasteiger charge is -2.05. The van der Waals surface area contributed by atoms with Crippen molar-refractivity contribution in [1.82, 2.24) is 9.97 Å². The van der Waals surface area contributed by atoms with Crippen molar-refractivity contribution in [3.63, 3.8) is 0 Å². The van der Waals surface area contributed by atoms with E-state index in [0.717, 1.165) is 0 Å². The summed E-state index contributed by atoms with van der Waals surface area (Å²) < 4.78 is 4.53. The summed E-state index contributed by atoms with van der Waals surface area (Å²) in [6.45, 7) is 0. The SMILES string of the molecule is COC(=O)c1cnc(-c2ccc([N+](=O)[O-])cc2)nc1N. The summed E-state index contributed by atoms with van der Waals surface area (Å²) in [5, 5.41) is 10.6. The lowest BCUT2D eigenvalue weighted by atomic mass is 10.2. The van der Waals surface area contributed by atoms with Gasteiger partial charge < -0.3 is 10.5 Å². The van der Waals surface area contributed by atoms with Crippen LogP contribution in [0.15, 0.2) is 30.5 Å².